The summed E-state index contributed by atoms with van der Waals surface area (Å²) in [5, 5.41) is 12.5. The van der Waals surface area contributed by atoms with Crippen LogP contribution < -0.4 is 5.32 Å². The Labute approximate surface area is 149 Å². The number of urea groups is 1. The molecule has 2 aromatic heterocycles. The van der Waals surface area contributed by atoms with E-state index in [0.717, 1.165) is 30.8 Å². The highest BCUT2D eigenvalue weighted by molar-refractivity contribution is 7.13. The van der Waals surface area contributed by atoms with Crippen molar-refractivity contribution < 1.29 is 9.59 Å². The summed E-state index contributed by atoms with van der Waals surface area (Å²) in [5.74, 6) is 0.216. The topological polar surface area (TPSA) is 94.2 Å². The summed E-state index contributed by atoms with van der Waals surface area (Å²) >= 11 is 1.48. The largest absolute Gasteiger partial charge is 0.338 e. The number of carbonyl (C=O) groups excluding carboxylic acids is 2. The van der Waals surface area contributed by atoms with E-state index in [9.17, 15) is 9.59 Å². The van der Waals surface area contributed by atoms with Gasteiger partial charge in [-0.1, -0.05) is 0 Å². The first-order chi connectivity index (χ1) is 12.2. The molecule has 2 N–H and O–H groups in total. The fourth-order valence-electron chi connectivity index (χ4n) is 3.53. The van der Waals surface area contributed by atoms with E-state index < -0.39 is 0 Å². The van der Waals surface area contributed by atoms with Gasteiger partial charge >= 0.3 is 6.03 Å². The minimum Gasteiger partial charge on any atom is -0.338 e. The molecule has 0 saturated carbocycles. The second-order valence-electron chi connectivity index (χ2n) is 6.36. The van der Waals surface area contributed by atoms with Crippen molar-refractivity contribution in [1.82, 2.24) is 25.0 Å². The van der Waals surface area contributed by atoms with E-state index in [0.29, 0.717) is 30.9 Å². The van der Waals surface area contributed by atoms with Crippen LogP contribution in [0.4, 0.5) is 10.5 Å². The number of hydrogen-bond acceptors (Lipinski definition) is 5. The SMILES string of the molecule is O=C(Nc1cn[nH]c1-c1nccs1)N1CCCC(N2CCCC2=O)C1. The number of amides is 3. The van der Waals surface area contributed by atoms with Crippen LogP contribution in [0.5, 0.6) is 0 Å². The molecule has 132 valence electrons. The lowest BCUT2D eigenvalue weighted by Crippen LogP contribution is -2.51. The number of likely N-dealkylation sites (tertiary alicyclic amines) is 2. The van der Waals surface area contributed by atoms with Gasteiger partial charge in [0.25, 0.3) is 0 Å². The summed E-state index contributed by atoms with van der Waals surface area (Å²) in [6.07, 6.45) is 6.75. The van der Waals surface area contributed by atoms with Gasteiger partial charge in [-0.2, -0.15) is 5.10 Å². The zero-order valence-corrected chi connectivity index (χ0v) is 14.6. The van der Waals surface area contributed by atoms with Gasteiger partial charge in [-0.3, -0.25) is 9.89 Å². The molecule has 1 unspecified atom stereocenters. The van der Waals surface area contributed by atoms with Crippen molar-refractivity contribution in [2.45, 2.75) is 31.7 Å². The zero-order valence-electron chi connectivity index (χ0n) is 13.8. The van der Waals surface area contributed by atoms with Crippen LogP contribution in [0.3, 0.4) is 0 Å². The van der Waals surface area contributed by atoms with Crippen LogP contribution in [-0.2, 0) is 4.79 Å². The molecule has 0 aliphatic carbocycles. The van der Waals surface area contributed by atoms with E-state index in [1.165, 1.54) is 11.3 Å². The number of anilines is 1. The quantitative estimate of drug-likeness (QED) is 0.877. The van der Waals surface area contributed by atoms with Gasteiger partial charge < -0.3 is 15.1 Å². The molecule has 2 fully saturated rings. The second kappa shape index (κ2) is 6.83. The minimum atomic E-state index is -0.157. The van der Waals surface area contributed by atoms with Crippen LogP contribution in [0.1, 0.15) is 25.7 Å². The van der Waals surface area contributed by atoms with E-state index in [4.69, 9.17) is 0 Å². The molecule has 8 nitrogen and oxygen atoms in total. The van der Waals surface area contributed by atoms with E-state index in [1.54, 1.807) is 17.3 Å². The predicted octanol–water partition coefficient (Wildman–Crippen LogP) is 2.15. The van der Waals surface area contributed by atoms with Crippen molar-refractivity contribution in [3.63, 3.8) is 0 Å². The number of carbonyl (C=O) groups is 2. The molecular weight excluding hydrogens is 340 g/mol. The number of H-pyrrole nitrogens is 1. The Morgan fingerprint density at radius 3 is 3.04 bits per heavy atom. The molecule has 4 heterocycles. The molecular formula is C16H20N6O2S. The lowest BCUT2D eigenvalue weighted by atomic mass is 10.0. The van der Waals surface area contributed by atoms with Gasteiger partial charge in [-0.25, -0.2) is 9.78 Å². The lowest BCUT2D eigenvalue weighted by molar-refractivity contribution is -0.130. The maximum Gasteiger partial charge on any atom is 0.322 e. The van der Waals surface area contributed by atoms with Crippen LogP contribution in [0.25, 0.3) is 10.7 Å². The smallest absolute Gasteiger partial charge is 0.322 e. The third kappa shape index (κ3) is 3.23. The van der Waals surface area contributed by atoms with Crippen LogP contribution in [0.2, 0.25) is 0 Å². The van der Waals surface area contributed by atoms with Crippen molar-refractivity contribution in [2.75, 3.05) is 25.0 Å². The van der Waals surface area contributed by atoms with E-state index >= 15 is 0 Å². The van der Waals surface area contributed by atoms with E-state index in [2.05, 4.69) is 20.5 Å². The Morgan fingerprint density at radius 1 is 1.36 bits per heavy atom. The molecule has 4 rings (SSSR count). The zero-order chi connectivity index (χ0) is 17.2. The summed E-state index contributed by atoms with van der Waals surface area (Å²) in [6, 6.07) is -0.0205. The number of piperidine rings is 1. The van der Waals surface area contributed by atoms with Gasteiger partial charge in [-0.15, -0.1) is 11.3 Å². The first-order valence-corrected chi connectivity index (χ1v) is 9.39. The molecule has 0 spiro atoms. The average Bonchev–Trinajstić information content (AvgIpc) is 3.35. The molecule has 2 aromatic rings. The Morgan fingerprint density at radius 2 is 2.28 bits per heavy atom. The predicted molar refractivity (Wildman–Crippen MR) is 94.3 cm³/mol. The number of thiazole rings is 1. The van der Waals surface area contributed by atoms with Crippen molar-refractivity contribution in [3.05, 3.63) is 17.8 Å². The molecule has 2 aliphatic rings. The highest BCUT2D eigenvalue weighted by atomic mass is 32.1. The summed E-state index contributed by atoms with van der Waals surface area (Å²) in [5.41, 5.74) is 1.34. The van der Waals surface area contributed by atoms with Crippen LogP contribution in [0.15, 0.2) is 17.8 Å². The van der Waals surface area contributed by atoms with Crippen molar-refractivity contribution in [2.24, 2.45) is 0 Å². The Hall–Kier alpha value is -2.42. The van der Waals surface area contributed by atoms with Crippen molar-refractivity contribution in [3.8, 4) is 10.7 Å². The summed E-state index contributed by atoms with van der Waals surface area (Å²) in [6.45, 7) is 2.10. The molecule has 2 saturated heterocycles. The lowest BCUT2D eigenvalue weighted by Gasteiger charge is -2.37. The van der Waals surface area contributed by atoms with Gasteiger partial charge in [0, 0.05) is 43.7 Å². The summed E-state index contributed by atoms with van der Waals surface area (Å²) < 4.78 is 0. The van der Waals surface area contributed by atoms with Crippen molar-refractivity contribution in [1.29, 1.82) is 0 Å². The van der Waals surface area contributed by atoms with Gasteiger partial charge in [0.1, 0.15) is 10.7 Å². The number of aromatic amines is 1. The number of nitrogens with one attached hydrogen (secondary N) is 2. The first-order valence-electron chi connectivity index (χ1n) is 8.51. The summed E-state index contributed by atoms with van der Waals surface area (Å²) in [7, 11) is 0. The molecule has 3 amide bonds. The molecule has 0 aromatic carbocycles. The van der Waals surface area contributed by atoms with Gasteiger partial charge in [0.2, 0.25) is 5.91 Å². The Kier molecular flexibility index (Phi) is 4.39. The third-order valence-electron chi connectivity index (χ3n) is 4.76. The number of rotatable bonds is 3. The normalized spacial score (nSPS) is 21.0. The first kappa shape index (κ1) is 16.1. The highest BCUT2D eigenvalue weighted by Gasteiger charge is 2.33. The van der Waals surface area contributed by atoms with Crippen molar-refractivity contribution >= 4 is 29.0 Å². The summed E-state index contributed by atoms with van der Waals surface area (Å²) in [4.78, 5) is 32.6. The fourth-order valence-corrected chi connectivity index (χ4v) is 4.18. The van der Waals surface area contributed by atoms with E-state index in [1.807, 2.05) is 10.3 Å². The Bertz CT molecular complexity index is 759. The third-order valence-corrected chi connectivity index (χ3v) is 5.55. The standard InChI is InChI=1S/C16H20N6O2S/c23-13-4-2-7-22(13)11-3-1-6-21(10-11)16(24)19-12-9-18-20-14(12)15-17-5-8-25-15/h5,8-9,11H,1-4,6-7,10H2,(H,18,20)(H,19,24). The molecule has 9 heteroatoms. The molecule has 0 radical (unpaired) electrons. The highest BCUT2D eigenvalue weighted by Crippen LogP contribution is 2.28. The van der Waals surface area contributed by atoms with Crippen LogP contribution in [0, 0.1) is 0 Å². The maximum absolute atomic E-state index is 12.7. The molecule has 25 heavy (non-hydrogen) atoms. The second-order valence-corrected chi connectivity index (χ2v) is 7.25. The van der Waals surface area contributed by atoms with Gasteiger partial charge in [0.05, 0.1) is 11.9 Å². The number of hydrogen-bond donors (Lipinski definition) is 2. The number of nitrogens with zero attached hydrogens (tertiary/aromatic N) is 4. The van der Waals surface area contributed by atoms with Gasteiger partial charge in [0.15, 0.2) is 0 Å². The number of aromatic nitrogens is 3. The fraction of sp³-hybridized carbons (Fsp3) is 0.500. The molecule has 2 aliphatic heterocycles. The molecule has 0 bridgehead atoms. The average molecular weight is 360 g/mol. The van der Waals surface area contributed by atoms with Crippen LogP contribution in [-0.4, -0.2) is 62.6 Å². The minimum absolute atomic E-state index is 0.136. The maximum atomic E-state index is 12.7. The monoisotopic (exact) mass is 360 g/mol. The van der Waals surface area contributed by atoms with E-state index in [-0.39, 0.29) is 18.0 Å². The Balaban J connectivity index is 1.43. The molecule has 1 atom stereocenters. The van der Waals surface area contributed by atoms with Gasteiger partial charge in [-0.05, 0) is 19.3 Å². The van der Waals surface area contributed by atoms with Crippen LogP contribution >= 0.6 is 11.3 Å².